The first kappa shape index (κ1) is 27.0. The first-order chi connectivity index (χ1) is 16.6. The van der Waals surface area contributed by atoms with Crippen LogP contribution < -0.4 is 4.74 Å². The molecule has 0 amide bonds. The molecule has 4 aromatic rings. The normalized spacial score (nSPS) is 11.6. The van der Waals surface area contributed by atoms with Gasteiger partial charge >= 0.3 is 55.3 Å². The molecule has 1 aliphatic rings. The van der Waals surface area contributed by atoms with E-state index in [1.165, 1.54) is 0 Å². The number of hydrogen-bond acceptors (Lipinski definition) is 2. The van der Waals surface area contributed by atoms with Gasteiger partial charge in [0.15, 0.2) is 7.05 Å². The third kappa shape index (κ3) is 6.97. The fraction of sp³-hybridized carbons (Fsp3) is 0.0714. The zero-order chi connectivity index (χ0) is 23.9. The molecule has 35 heavy (non-hydrogen) atoms. The average Bonchev–Trinajstić information content (AvgIpc) is 3.32. The molecule has 0 aliphatic carbocycles. The number of rotatable bonds is 5. The van der Waals surface area contributed by atoms with Crippen LogP contribution in [0.5, 0.6) is 11.5 Å². The van der Waals surface area contributed by atoms with E-state index < -0.39 is 0 Å². The van der Waals surface area contributed by atoms with E-state index in [1.807, 2.05) is 84.1 Å². The van der Waals surface area contributed by atoms with Crippen molar-refractivity contribution in [2.75, 3.05) is 7.05 Å². The first-order valence-electron chi connectivity index (χ1n) is 10.2. The Kier molecular flexibility index (Phi) is 9.96. The molecule has 0 atom stereocenters. The first-order valence-corrected chi connectivity index (χ1v) is 13.1. The molecule has 0 bridgehead atoms. The van der Waals surface area contributed by atoms with Gasteiger partial charge in [0.2, 0.25) is 6.20 Å². The summed E-state index contributed by atoms with van der Waals surface area (Å²) in [4.78, 5) is 4.45. The number of halogens is 1. The summed E-state index contributed by atoms with van der Waals surface area (Å²) in [6, 6.07) is 36.7. The molecule has 3 aromatic carbocycles. The predicted molar refractivity (Wildman–Crippen MR) is 127 cm³/mol. The number of nitrogens with zero attached hydrogens (tertiary/aromatic N) is 3. The van der Waals surface area contributed by atoms with Crippen LogP contribution in [0.25, 0.3) is 22.4 Å². The van der Waals surface area contributed by atoms with Gasteiger partial charge in [-0.05, 0) is 6.20 Å². The maximum Gasteiger partial charge on any atom is 2.00 e. The molecule has 0 fully saturated rings. The van der Waals surface area contributed by atoms with Gasteiger partial charge in [0.05, 0.1) is 0 Å². The van der Waals surface area contributed by atoms with Crippen LogP contribution in [0.4, 0.5) is 5.69 Å². The van der Waals surface area contributed by atoms with Gasteiger partial charge in [0, 0.05) is 5.75 Å². The monoisotopic (exact) mass is 837 g/mol. The fourth-order valence-corrected chi connectivity index (χ4v) is 3.32. The summed E-state index contributed by atoms with van der Waals surface area (Å²) in [5, 5.41) is 0. The number of benzene rings is 3. The third-order valence-corrected chi connectivity index (χ3v) is 4.80. The number of ether oxygens (including phenoxy) is 1. The zero-order valence-electron chi connectivity index (χ0n) is 18.7. The molecule has 0 N–H and O–H groups in total. The van der Waals surface area contributed by atoms with Gasteiger partial charge in [-0.3, -0.25) is 12.1 Å². The summed E-state index contributed by atoms with van der Waals surface area (Å²) in [6.07, 6.45) is 5.61. The molecule has 0 radical (unpaired) electrons. The summed E-state index contributed by atoms with van der Waals surface area (Å²) >= 11 is 1.61. The van der Waals surface area contributed by atoms with Gasteiger partial charge in [-0.15, -0.1) is 12.1 Å². The minimum atomic E-state index is 0. The van der Waals surface area contributed by atoms with E-state index in [0.29, 0.717) is 22.8 Å². The predicted octanol–water partition coefficient (Wildman–Crippen LogP) is 6.15. The maximum absolute atomic E-state index is 6.09. The van der Waals surface area contributed by atoms with Crippen LogP contribution in [0.3, 0.4) is 0 Å². The molecule has 4 nitrogen and oxygen atoms in total. The van der Waals surface area contributed by atoms with Gasteiger partial charge in [-0.25, -0.2) is 17.2 Å². The zero-order valence-corrected chi connectivity index (χ0v) is 24.0. The minimum Gasteiger partial charge on any atom is 2.00 e. The average molecular weight is 838 g/mol. The Morgan fingerprint density at radius 2 is 1.80 bits per heavy atom. The molecule has 179 valence electrons. The SMILES string of the molecule is Cc1cc(Oc2[c-]c(-c3[c-]c(-c4[c-]cccc4)ccn3)[c-]cc2)[c-]c([N+]2=C=[N+](C)C=C2)c1.[Cl][Pt].[Pt+2]. The van der Waals surface area contributed by atoms with E-state index in [4.69, 9.17) is 4.74 Å². The Balaban J connectivity index is 0.00000111. The molecular weight excluding hydrogens is 820 g/mol. The van der Waals surface area contributed by atoms with E-state index in [0.717, 1.165) is 22.4 Å². The van der Waals surface area contributed by atoms with E-state index in [2.05, 4.69) is 50.7 Å². The van der Waals surface area contributed by atoms with Crippen LogP contribution in [0.2, 0.25) is 0 Å². The van der Waals surface area contributed by atoms with Gasteiger partial charge in [0.1, 0.15) is 5.69 Å². The second-order valence-electron chi connectivity index (χ2n) is 7.34. The molecule has 2 heterocycles. The Hall–Kier alpha value is -2.60. The number of hydrogen-bond donors (Lipinski definition) is 0. The van der Waals surface area contributed by atoms with Gasteiger partial charge in [-0.2, -0.15) is 47.7 Å². The quantitative estimate of drug-likeness (QED) is 0.179. The minimum absolute atomic E-state index is 0. The summed E-state index contributed by atoms with van der Waals surface area (Å²) in [6.45, 7) is 2.02. The second-order valence-corrected chi connectivity index (χ2v) is 7.34. The molecule has 5 rings (SSSR count). The van der Waals surface area contributed by atoms with Crippen LogP contribution in [0.1, 0.15) is 5.56 Å². The van der Waals surface area contributed by atoms with Crippen LogP contribution in [0.15, 0.2) is 73.2 Å². The maximum atomic E-state index is 6.09. The summed E-state index contributed by atoms with van der Waals surface area (Å²) in [5.41, 5.74) is 5.11. The molecule has 0 saturated heterocycles. The standard InChI is InChI=1S/C28H18N3O.ClH.2Pt/c1-21-15-25(31-14-13-30(2)20-31)19-27(16-21)32-26-10-6-9-24(17-26)28-18-23(11-12-29-28)22-7-4-3-5-8-22;;;/h3-7,10-16H,1-2H3;1H;;/q-3;;+1;+2/p-1. The van der Waals surface area contributed by atoms with Crippen LogP contribution in [-0.4, -0.2) is 27.2 Å². The Morgan fingerprint density at radius 3 is 2.54 bits per heavy atom. The van der Waals surface area contributed by atoms with Crippen LogP contribution in [0, 0.1) is 37.3 Å². The van der Waals surface area contributed by atoms with Gasteiger partial charge in [-0.1, -0.05) is 34.0 Å². The summed E-state index contributed by atoms with van der Waals surface area (Å²) in [7, 11) is 6.54. The van der Waals surface area contributed by atoms with Gasteiger partial charge in [0.25, 0.3) is 6.20 Å². The van der Waals surface area contributed by atoms with E-state index >= 15 is 0 Å². The number of pyridine rings is 1. The van der Waals surface area contributed by atoms with Crippen molar-refractivity contribution in [2.24, 2.45) is 0 Å². The fourth-order valence-electron chi connectivity index (χ4n) is 3.32. The molecule has 1 aromatic heterocycles. The molecule has 0 unspecified atom stereocenters. The van der Waals surface area contributed by atoms with Crippen molar-refractivity contribution in [3.63, 3.8) is 0 Å². The van der Waals surface area contributed by atoms with E-state index in [-0.39, 0.29) is 21.1 Å². The van der Waals surface area contributed by atoms with E-state index in [9.17, 15) is 0 Å². The number of aromatic nitrogens is 1. The van der Waals surface area contributed by atoms with Crippen molar-refractivity contribution in [3.8, 4) is 33.9 Å². The Bertz CT molecular complexity index is 1410. The molecule has 1 aliphatic heterocycles. The Labute approximate surface area is 235 Å². The van der Waals surface area contributed by atoms with Crippen molar-refractivity contribution in [1.82, 2.24) is 4.98 Å². The molecule has 0 spiro atoms. The van der Waals surface area contributed by atoms with Crippen molar-refractivity contribution in [2.45, 2.75) is 6.92 Å². The topological polar surface area (TPSA) is 28.1 Å². The largest absolute Gasteiger partial charge is 2.00 e. The Morgan fingerprint density at radius 1 is 0.943 bits per heavy atom. The number of aryl methyl sites for hydroxylation is 1. The van der Waals surface area contributed by atoms with Crippen molar-refractivity contribution in [1.29, 1.82) is 0 Å². The van der Waals surface area contributed by atoms with E-state index in [1.54, 1.807) is 31.0 Å². The third-order valence-electron chi connectivity index (χ3n) is 4.80. The molecule has 0 saturated carbocycles. The van der Waals surface area contributed by atoms with Gasteiger partial charge < -0.3 is 21.4 Å². The van der Waals surface area contributed by atoms with Crippen LogP contribution >= 0.6 is 9.42 Å². The van der Waals surface area contributed by atoms with Crippen molar-refractivity contribution < 1.29 is 53.7 Å². The summed E-state index contributed by atoms with van der Waals surface area (Å²) in [5.74, 6) is 1.16. The van der Waals surface area contributed by atoms with Crippen molar-refractivity contribution >= 4 is 21.1 Å². The van der Waals surface area contributed by atoms with Crippen molar-refractivity contribution in [3.05, 3.63) is 109 Å². The van der Waals surface area contributed by atoms with Crippen LogP contribution in [-0.2, 0) is 39.8 Å². The summed E-state index contributed by atoms with van der Waals surface area (Å²) < 4.78 is 9.82. The smallest absolute Gasteiger partial charge is 2.00 e. The molecule has 7 heteroatoms. The second kappa shape index (κ2) is 12.9. The molecular formula is C28H18ClN3OPt2-.